The first-order valence-electron chi connectivity index (χ1n) is 10.9. The number of hydrogen-bond donors (Lipinski definition) is 3. The second-order valence-electron chi connectivity index (χ2n) is 8.32. The summed E-state index contributed by atoms with van der Waals surface area (Å²) in [6.07, 6.45) is 1.60. The molecule has 35 heavy (non-hydrogen) atoms. The van der Waals surface area contributed by atoms with Crippen molar-refractivity contribution in [3.63, 3.8) is 0 Å². The van der Waals surface area contributed by atoms with Gasteiger partial charge in [0.05, 0.1) is 12.2 Å². The number of hydrogen-bond acceptors (Lipinski definition) is 5. The van der Waals surface area contributed by atoms with Crippen molar-refractivity contribution in [1.29, 1.82) is 0 Å². The standard InChI is InChI=1S/C26H29ClN2O4.2ClH/c1-16(2)33-24-13-20(8-10-22(24)26(31)32)19-6-4-18(5-7-19)12-17(3)28-15-23(30)21-9-11-25(27)29-14-21;;/h4-11,13-14,16-17,23,28,30H,12,15H2,1-3H3,(H,31,32);2*1H/t17-,23+;;/m1../s1. The summed E-state index contributed by atoms with van der Waals surface area (Å²) in [4.78, 5) is 15.5. The van der Waals surface area contributed by atoms with Crippen molar-refractivity contribution in [3.8, 4) is 16.9 Å². The summed E-state index contributed by atoms with van der Waals surface area (Å²) in [6.45, 7) is 6.22. The maximum absolute atomic E-state index is 11.5. The van der Waals surface area contributed by atoms with Gasteiger partial charge in [-0.25, -0.2) is 9.78 Å². The van der Waals surface area contributed by atoms with Crippen molar-refractivity contribution >= 4 is 42.4 Å². The SMILES string of the molecule is CC(C)Oc1cc(-c2ccc(C[C@@H](C)NC[C@H](O)c3ccc(Cl)nc3)cc2)ccc1C(=O)O.Cl.Cl. The van der Waals surface area contributed by atoms with Crippen molar-refractivity contribution in [2.45, 2.75) is 45.4 Å². The molecule has 0 spiro atoms. The quantitative estimate of drug-likeness (QED) is 0.273. The van der Waals surface area contributed by atoms with E-state index in [-0.39, 0.29) is 42.5 Å². The lowest BCUT2D eigenvalue weighted by atomic mass is 9.99. The van der Waals surface area contributed by atoms with E-state index in [1.165, 1.54) is 0 Å². The van der Waals surface area contributed by atoms with E-state index in [0.29, 0.717) is 17.4 Å². The van der Waals surface area contributed by atoms with Crippen LogP contribution < -0.4 is 10.1 Å². The highest BCUT2D eigenvalue weighted by atomic mass is 35.5. The van der Waals surface area contributed by atoms with Crippen LogP contribution in [-0.2, 0) is 6.42 Å². The van der Waals surface area contributed by atoms with E-state index in [4.69, 9.17) is 16.3 Å². The number of aliphatic hydroxyl groups is 1. The van der Waals surface area contributed by atoms with Crippen LogP contribution in [0, 0.1) is 0 Å². The number of aliphatic hydroxyl groups excluding tert-OH is 1. The highest BCUT2D eigenvalue weighted by Gasteiger charge is 2.14. The second-order valence-corrected chi connectivity index (χ2v) is 8.71. The number of aromatic carboxylic acids is 1. The molecule has 2 atom stereocenters. The Hall–Kier alpha value is -2.35. The maximum atomic E-state index is 11.5. The zero-order chi connectivity index (χ0) is 24.0. The van der Waals surface area contributed by atoms with Crippen LogP contribution in [0.2, 0.25) is 5.15 Å². The van der Waals surface area contributed by atoms with Crippen LogP contribution >= 0.6 is 36.4 Å². The molecule has 0 amide bonds. The summed E-state index contributed by atoms with van der Waals surface area (Å²) in [5, 5.41) is 23.5. The smallest absolute Gasteiger partial charge is 0.339 e. The molecule has 0 unspecified atom stereocenters. The van der Waals surface area contributed by atoms with Gasteiger partial charge >= 0.3 is 5.97 Å². The summed E-state index contributed by atoms with van der Waals surface area (Å²) in [5.74, 6) is -0.641. The van der Waals surface area contributed by atoms with Gasteiger partial charge in [0.25, 0.3) is 0 Å². The van der Waals surface area contributed by atoms with E-state index < -0.39 is 12.1 Å². The molecule has 0 aliphatic carbocycles. The number of pyridine rings is 1. The van der Waals surface area contributed by atoms with E-state index in [9.17, 15) is 15.0 Å². The molecular formula is C26H31Cl3N2O4. The fraction of sp³-hybridized carbons (Fsp3) is 0.308. The van der Waals surface area contributed by atoms with Crippen molar-refractivity contribution in [2.24, 2.45) is 0 Å². The van der Waals surface area contributed by atoms with Crippen molar-refractivity contribution in [1.82, 2.24) is 10.3 Å². The number of carboxylic acid groups (broad SMARTS) is 1. The Kier molecular flexibility index (Phi) is 12.5. The number of carboxylic acids is 1. The highest BCUT2D eigenvalue weighted by molar-refractivity contribution is 6.29. The monoisotopic (exact) mass is 540 g/mol. The fourth-order valence-corrected chi connectivity index (χ4v) is 3.62. The third-order valence-electron chi connectivity index (χ3n) is 5.20. The van der Waals surface area contributed by atoms with Gasteiger partial charge in [0.15, 0.2) is 0 Å². The Morgan fingerprint density at radius 1 is 1.03 bits per heavy atom. The first-order valence-corrected chi connectivity index (χ1v) is 11.3. The second kappa shape index (κ2) is 14.3. The zero-order valence-corrected chi connectivity index (χ0v) is 22.2. The summed E-state index contributed by atoms with van der Waals surface area (Å²) < 4.78 is 5.71. The van der Waals surface area contributed by atoms with E-state index >= 15 is 0 Å². The molecule has 190 valence electrons. The lowest BCUT2D eigenvalue weighted by Crippen LogP contribution is -2.32. The summed E-state index contributed by atoms with van der Waals surface area (Å²) >= 11 is 5.79. The van der Waals surface area contributed by atoms with E-state index in [1.807, 2.05) is 26.0 Å². The number of carbonyl (C=O) groups is 1. The predicted octanol–water partition coefficient (Wildman–Crippen LogP) is 5.99. The Morgan fingerprint density at radius 3 is 2.26 bits per heavy atom. The molecule has 3 aromatic rings. The molecule has 0 fully saturated rings. The molecule has 0 aliphatic rings. The van der Waals surface area contributed by atoms with Crippen LogP contribution in [0.1, 0.15) is 48.4 Å². The Balaban J connectivity index is 0.00000306. The molecule has 1 aromatic heterocycles. The van der Waals surface area contributed by atoms with E-state index in [2.05, 4.69) is 29.4 Å². The molecule has 2 aromatic carbocycles. The van der Waals surface area contributed by atoms with Gasteiger partial charge in [-0.2, -0.15) is 0 Å². The van der Waals surface area contributed by atoms with Gasteiger partial charge in [0.1, 0.15) is 16.5 Å². The summed E-state index contributed by atoms with van der Waals surface area (Å²) in [7, 11) is 0. The largest absolute Gasteiger partial charge is 0.490 e. The van der Waals surface area contributed by atoms with Crippen molar-refractivity contribution in [2.75, 3.05) is 6.54 Å². The normalized spacial score (nSPS) is 12.3. The average Bonchev–Trinajstić information content (AvgIpc) is 2.78. The van der Waals surface area contributed by atoms with Gasteiger partial charge < -0.3 is 20.3 Å². The van der Waals surface area contributed by atoms with Crippen LogP contribution in [0.25, 0.3) is 11.1 Å². The number of aromatic nitrogens is 1. The molecule has 0 saturated heterocycles. The van der Waals surface area contributed by atoms with Gasteiger partial charge in [0, 0.05) is 24.3 Å². The number of benzene rings is 2. The highest BCUT2D eigenvalue weighted by Crippen LogP contribution is 2.29. The molecule has 0 bridgehead atoms. The first-order chi connectivity index (χ1) is 15.7. The minimum atomic E-state index is -1.01. The molecule has 6 nitrogen and oxygen atoms in total. The van der Waals surface area contributed by atoms with Gasteiger partial charge in [-0.05, 0) is 62.1 Å². The zero-order valence-electron chi connectivity index (χ0n) is 19.8. The summed E-state index contributed by atoms with van der Waals surface area (Å²) in [5.41, 5.74) is 3.91. The minimum absolute atomic E-state index is 0. The molecule has 1 heterocycles. The molecule has 0 saturated carbocycles. The van der Waals surface area contributed by atoms with Crippen LogP contribution in [0.15, 0.2) is 60.8 Å². The third-order valence-corrected chi connectivity index (χ3v) is 5.42. The Bertz CT molecular complexity index is 1080. The van der Waals surface area contributed by atoms with E-state index in [1.54, 1.807) is 36.5 Å². The first kappa shape index (κ1) is 30.7. The third kappa shape index (κ3) is 8.98. The number of nitrogens with one attached hydrogen (secondary N) is 1. The Labute approximate surface area is 223 Å². The van der Waals surface area contributed by atoms with Crippen molar-refractivity contribution in [3.05, 3.63) is 82.6 Å². The molecule has 3 rings (SSSR count). The van der Waals surface area contributed by atoms with Crippen LogP contribution in [-0.4, -0.2) is 39.9 Å². The number of rotatable bonds is 10. The van der Waals surface area contributed by atoms with Gasteiger partial charge in [-0.15, -0.1) is 24.8 Å². The van der Waals surface area contributed by atoms with E-state index in [0.717, 1.165) is 28.7 Å². The molecule has 0 radical (unpaired) electrons. The molecule has 9 heteroatoms. The lowest BCUT2D eigenvalue weighted by Gasteiger charge is -2.18. The van der Waals surface area contributed by atoms with Crippen molar-refractivity contribution < 1.29 is 19.7 Å². The predicted molar refractivity (Wildman–Crippen MR) is 144 cm³/mol. The Morgan fingerprint density at radius 2 is 1.69 bits per heavy atom. The average molecular weight is 542 g/mol. The van der Waals surface area contributed by atoms with Crippen LogP contribution in [0.4, 0.5) is 0 Å². The van der Waals surface area contributed by atoms with Crippen LogP contribution in [0.3, 0.4) is 0 Å². The minimum Gasteiger partial charge on any atom is -0.490 e. The van der Waals surface area contributed by atoms with Crippen LogP contribution in [0.5, 0.6) is 5.75 Å². The maximum Gasteiger partial charge on any atom is 0.339 e. The molecular weight excluding hydrogens is 511 g/mol. The fourth-order valence-electron chi connectivity index (χ4n) is 3.50. The number of nitrogens with zero attached hydrogens (tertiary/aromatic N) is 1. The molecule has 0 aliphatic heterocycles. The lowest BCUT2D eigenvalue weighted by molar-refractivity contribution is 0.0690. The number of halogens is 3. The topological polar surface area (TPSA) is 91.7 Å². The molecule has 3 N–H and O–H groups in total. The van der Waals surface area contributed by atoms with Gasteiger partial charge in [-0.3, -0.25) is 0 Å². The van der Waals surface area contributed by atoms with Gasteiger partial charge in [-0.1, -0.05) is 48.0 Å². The summed E-state index contributed by atoms with van der Waals surface area (Å²) in [6, 6.07) is 16.9. The number of ether oxygens (including phenoxy) is 1. The van der Waals surface area contributed by atoms with Gasteiger partial charge in [0.2, 0.25) is 0 Å².